The van der Waals surface area contributed by atoms with E-state index in [4.69, 9.17) is 5.73 Å². The van der Waals surface area contributed by atoms with Gasteiger partial charge in [0, 0.05) is 31.7 Å². The second-order valence-electron chi connectivity index (χ2n) is 4.47. The number of hydrogen-bond donors (Lipinski definition) is 2. The summed E-state index contributed by atoms with van der Waals surface area (Å²) in [5.74, 6) is 0. The van der Waals surface area contributed by atoms with Gasteiger partial charge in [-0.25, -0.2) is 4.39 Å². The van der Waals surface area contributed by atoms with Gasteiger partial charge in [0.25, 0.3) is 0 Å². The second-order valence-corrected chi connectivity index (χ2v) is 4.47. The van der Waals surface area contributed by atoms with Gasteiger partial charge in [-0.1, -0.05) is 0 Å². The van der Waals surface area contributed by atoms with E-state index in [1.807, 2.05) is 0 Å². The fourth-order valence-electron chi connectivity index (χ4n) is 2.59. The molecule has 0 bridgehead atoms. The van der Waals surface area contributed by atoms with Crippen LogP contribution in [0, 0.1) is 0 Å². The summed E-state index contributed by atoms with van der Waals surface area (Å²) in [6.07, 6.45) is 2.45. The molecule has 2 aliphatic heterocycles. The Bertz CT molecular complexity index is 182. The van der Waals surface area contributed by atoms with E-state index in [1.54, 1.807) is 0 Å². The van der Waals surface area contributed by atoms with Crippen molar-refractivity contribution in [1.29, 1.82) is 0 Å². The summed E-state index contributed by atoms with van der Waals surface area (Å²) in [6, 6.07) is 0.835. The fourth-order valence-corrected chi connectivity index (χ4v) is 2.59. The molecule has 4 heteroatoms. The Kier molecular flexibility index (Phi) is 3.36. The molecule has 2 aliphatic rings. The number of likely N-dealkylation sites (tertiary alicyclic amines) is 1. The first kappa shape index (κ1) is 10.3. The first-order chi connectivity index (χ1) is 6.79. The zero-order chi connectivity index (χ0) is 9.97. The third-order valence-electron chi connectivity index (χ3n) is 3.37. The van der Waals surface area contributed by atoms with Crippen LogP contribution in [0.2, 0.25) is 0 Å². The minimum Gasteiger partial charge on any atom is -0.329 e. The molecule has 3 nitrogen and oxygen atoms in total. The number of rotatable bonds is 3. The van der Waals surface area contributed by atoms with E-state index < -0.39 is 6.17 Å². The Labute approximate surface area is 84.8 Å². The second kappa shape index (κ2) is 4.55. The van der Waals surface area contributed by atoms with Gasteiger partial charge in [-0.05, 0) is 25.8 Å². The van der Waals surface area contributed by atoms with Crippen LogP contribution >= 0.6 is 0 Å². The van der Waals surface area contributed by atoms with Gasteiger partial charge in [0.05, 0.1) is 0 Å². The van der Waals surface area contributed by atoms with Crippen LogP contribution in [0.25, 0.3) is 0 Å². The number of nitrogens with two attached hydrogens (primary N) is 1. The van der Waals surface area contributed by atoms with Crippen molar-refractivity contribution in [2.24, 2.45) is 5.73 Å². The topological polar surface area (TPSA) is 41.3 Å². The van der Waals surface area contributed by atoms with Crippen LogP contribution in [0.1, 0.15) is 19.3 Å². The Morgan fingerprint density at radius 3 is 3.00 bits per heavy atom. The minimum absolute atomic E-state index is 0.271. The van der Waals surface area contributed by atoms with Gasteiger partial charge in [0.15, 0.2) is 0 Å². The van der Waals surface area contributed by atoms with Crippen LogP contribution in [-0.4, -0.2) is 49.3 Å². The summed E-state index contributed by atoms with van der Waals surface area (Å²) in [7, 11) is 0. The van der Waals surface area contributed by atoms with E-state index in [0.717, 1.165) is 13.1 Å². The van der Waals surface area contributed by atoms with E-state index >= 15 is 0 Å². The lowest BCUT2D eigenvalue weighted by molar-refractivity contribution is 0.226. The van der Waals surface area contributed by atoms with Crippen molar-refractivity contribution < 1.29 is 4.39 Å². The first-order valence-corrected chi connectivity index (χ1v) is 5.61. The third kappa shape index (κ3) is 2.24. The molecule has 82 valence electrons. The minimum atomic E-state index is -0.662. The lowest BCUT2D eigenvalue weighted by Gasteiger charge is -2.25. The van der Waals surface area contributed by atoms with E-state index in [-0.39, 0.29) is 6.04 Å². The molecule has 0 unspecified atom stereocenters. The zero-order valence-corrected chi connectivity index (χ0v) is 8.58. The molecular formula is C10H20FN3. The van der Waals surface area contributed by atoms with Crippen LogP contribution < -0.4 is 11.1 Å². The van der Waals surface area contributed by atoms with Crippen molar-refractivity contribution in [2.75, 3.05) is 26.2 Å². The van der Waals surface area contributed by atoms with Gasteiger partial charge in [0.1, 0.15) is 6.17 Å². The Balaban J connectivity index is 1.83. The Hall–Kier alpha value is -0.190. The molecule has 2 rings (SSSR count). The number of nitrogens with zero attached hydrogens (tertiary/aromatic N) is 1. The lowest BCUT2D eigenvalue weighted by Crippen LogP contribution is -2.43. The first-order valence-electron chi connectivity index (χ1n) is 5.61. The predicted octanol–water partition coefficient (Wildman–Crippen LogP) is 0.109. The molecule has 3 N–H and O–H groups in total. The average Bonchev–Trinajstić information content (AvgIpc) is 2.76. The highest BCUT2D eigenvalue weighted by molar-refractivity contribution is 4.89. The molecule has 2 fully saturated rings. The fraction of sp³-hybridized carbons (Fsp3) is 1.00. The van der Waals surface area contributed by atoms with Gasteiger partial charge in [-0.15, -0.1) is 0 Å². The van der Waals surface area contributed by atoms with Gasteiger partial charge >= 0.3 is 0 Å². The molecule has 0 aliphatic carbocycles. The molecule has 3 atom stereocenters. The van der Waals surface area contributed by atoms with Gasteiger partial charge < -0.3 is 11.1 Å². The Morgan fingerprint density at radius 2 is 2.36 bits per heavy atom. The molecular weight excluding hydrogens is 181 g/mol. The monoisotopic (exact) mass is 201 g/mol. The molecule has 0 radical (unpaired) electrons. The zero-order valence-electron chi connectivity index (χ0n) is 8.58. The van der Waals surface area contributed by atoms with Crippen molar-refractivity contribution in [3.05, 3.63) is 0 Å². The van der Waals surface area contributed by atoms with Crippen LogP contribution in [-0.2, 0) is 0 Å². The van der Waals surface area contributed by atoms with Gasteiger partial charge in [-0.3, -0.25) is 4.90 Å². The van der Waals surface area contributed by atoms with E-state index in [9.17, 15) is 4.39 Å². The molecule has 0 aromatic carbocycles. The van der Waals surface area contributed by atoms with Gasteiger partial charge in [-0.2, -0.15) is 0 Å². The molecule has 2 saturated heterocycles. The maximum absolute atomic E-state index is 13.2. The molecule has 0 amide bonds. The summed E-state index contributed by atoms with van der Waals surface area (Å²) in [6.45, 7) is 3.26. The highest BCUT2D eigenvalue weighted by Crippen LogP contribution is 2.21. The van der Waals surface area contributed by atoms with Crippen LogP contribution in [0.3, 0.4) is 0 Å². The van der Waals surface area contributed by atoms with Gasteiger partial charge in [0.2, 0.25) is 0 Å². The highest BCUT2D eigenvalue weighted by atomic mass is 19.1. The number of hydrogen-bond acceptors (Lipinski definition) is 3. The summed E-state index contributed by atoms with van der Waals surface area (Å²) in [4.78, 5) is 2.22. The summed E-state index contributed by atoms with van der Waals surface area (Å²) >= 11 is 0. The number of nitrogens with one attached hydrogen (secondary N) is 1. The molecule has 0 saturated carbocycles. The van der Waals surface area contributed by atoms with E-state index in [0.29, 0.717) is 25.6 Å². The number of halogens is 1. The van der Waals surface area contributed by atoms with Crippen molar-refractivity contribution in [1.82, 2.24) is 10.2 Å². The Morgan fingerprint density at radius 1 is 1.50 bits per heavy atom. The quantitative estimate of drug-likeness (QED) is 0.681. The lowest BCUT2D eigenvalue weighted by atomic mass is 10.2. The molecule has 0 spiro atoms. The predicted molar refractivity (Wildman–Crippen MR) is 55.0 cm³/mol. The third-order valence-corrected chi connectivity index (χ3v) is 3.37. The van der Waals surface area contributed by atoms with Crippen molar-refractivity contribution in [3.8, 4) is 0 Å². The summed E-state index contributed by atoms with van der Waals surface area (Å²) in [5.41, 5.74) is 5.63. The summed E-state index contributed by atoms with van der Waals surface area (Å²) in [5, 5.41) is 3.44. The standard InChI is InChI=1S/C10H20FN3/c11-8-4-10(5-12)14(6-8)7-9-2-1-3-13-9/h8-10,13H,1-7,12H2/t8-,9+,10+/m1/s1. The van der Waals surface area contributed by atoms with Crippen LogP contribution in [0.4, 0.5) is 4.39 Å². The highest BCUT2D eigenvalue weighted by Gasteiger charge is 2.32. The maximum Gasteiger partial charge on any atom is 0.114 e. The smallest absolute Gasteiger partial charge is 0.114 e. The average molecular weight is 201 g/mol. The van der Waals surface area contributed by atoms with Crippen LogP contribution in [0.5, 0.6) is 0 Å². The van der Waals surface area contributed by atoms with E-state index in [1.165, 1.54) is 12.8 Å². The molecule has 2 heterocycles. The van der Waals surface area contributed by atoms with Crippen molar-refractivity contribution in [3.63, 3.8) is 0 Å². The SMILES string of the molecule is NC[C@@H]1C[C@@H](F)CN1C[C@@H]1CCCN1. The molecule has 0 aromatic rings. The van der Waals surface area contributed by atoms with Crippen LogP contribution in [0.15, 0.2) is 0 Å². The molecule has 0 aromatic heterocycles. The van der Waals surface area contributed by atoms with Crippen molar-refractivity contribution in [2.45, 2.75) is 37.5 Å². The number of alkyl halides is 1. The maximum atomic E-state index is 13.2. The normalized spacial score (nSPS) is 39.4. The van der Waals surface area contributed by atoms with Crippen molar-refractivity contribution >= 4 is 0 Å². The summed E-state index contributed by atoms with van der Waals surface area (Å²) < 4.78 is 13.2. The molecule has 14 heavy (non-hydrogen) atoms. The largest absolute Gasteiger partial charge is 0.329 e. The van der Waals surface area contributed by atoms with E-state index in [2.05, 4.69) is 10.2 Å².